The lowest BCUT2D eigenvalue weighted by Gasteiger charge is -2.24. The summed E-state index contributed by atoms with van der Waals surface area (Å²) in [5, 5.41) is 0.0688. The van der Waals surface area contributed by atoms with E-state index in [1.54, 1.807) is 87.7 Å². The van der Waals surface area contributed by atoms with Crippen LogP contribution in [0.5, 0.6) is 5.75 Å². The van der Waals surface area contributed by atoms with Gasteiger partial charge >= 0.3 is 12.1 Å². The summed E-state index contributed by atoms with van der Waals surface area (Å²) in [6, 6.07) is 18.8. The molecule has 0 bridgehead atoms. The van der Waals surface area contributed by atoms with E-state index in [4.69, 9.17) is 13.9 Å². The quantitative estimate of drug-likeness (QED) is 0.145. The molecule has 1 atom stereocenters. The van der Waals surface area contributed by atoms with E-state index in [0.717, 1.165) is 29.2 Å². The largest absolute Gasteiger partial charge is 0.497 e. The fourth-order valence-corrected chi connectivity index (χ4v) is 6.72. The molecule has 6 rings (SSSR count). The van der Waals surface area contributed by atoms with Crippen LogP contribution >= 0.6 is 23.1 Å². The Hall–Kier alpha value is -4.95. The standard InChI is InChI=1S/C33H25F3N4O5S2/c1-4-44-30(42)27-18(2)37-32-40(28(27)20-10-12-21(43-3)13-11-20)29(41)24(46-32)16-22-14-15-26(45-22)47-31-38-23(19-8-6-5-7-9-19)17-25(39-31)33(34,35)36/h5-17,28H,4H2,1-3H3/b24-16+/t28-/m0/s1. The molecule has 5 aromatic rings. The van der Waals surface area contributed by atoms with Crippen molar-refractivity contribution < 1.29 is 31.9 Å². The maximum absolute atomic E-state index is 13.9. The van der Waals surface area contributed by atoms with Gasteiger partial charge in [-0.15, -0.1) is 0 Å². The zero-order valence-corrected chi connectivity index (χ0v) is 26.7. The molecule has 9 nitrogen and oxygen atoms in total. The van der Waals surface area contributed by atoms with Crippen molar-refractivity contribution in [2.75, 3.05) is 13.7 Å². The number of hydrogen-bond donors (Lipinski definition) is 0. The third-order valence-electron chi connectivity index (χ3n) is 7.08. The molecule has 0 fully saturated rings. The number of alkyl halides is 3. The van der Waals surface area contributed by atoms with Crippen molar-refractivity contribution >= 4 is 35.1 Å². The summed E-state index contributed by atoms with van der Waals surface area (Å²) in [7, 11) is 1.54. The van der Waals surface area contributed by atoms with E-state index in [1.807, 2.05) is 0 Å². The Morgan fingerprint density at radius 2 is 1.83 bits per heavy atom. The second-order valence-corrected chi connectivity index (χ2v) is 12.1. The first-order chi connectivity index (χ1) is 22.5. The van der Waals surface area contributed by atoms with Crippen LogP contribution in [0.4, 0.5) is 13.2 Å². The molecule has 0 aliphatic carbocycles. The molecule has 0 radical (unpaired) electrons. The van der Waals surface area contributed by atoms with Crippen LogP contribution in [0.15, 0.2) is 109 Å². The maximum Gasteiger partial charge on any atom is 0.433 e. The van der Waals surface area contributed by atoms with Crippen molar-refractivity contribution in [3.63, 3.8) is 0 Å². The Morgan fingerprint density at radius 1 is 1.09 bits per heavy atom. The Bertz CT molecular complexity index is 2170. The molecule has 3 aromatic heterocycles. The number of thiazole rings is 1. The van der Waals surface area contributed by atoms with Gasteiger partial charge in [0, 0.05) is 11.6 Å². The van der Waals surface area contributed by atoms with Crippen molar-refractivity contribution in [3.05, 3.63) is 121 Å². The Labute approximate surface area is 273 Å². The van der Waals surface area contributed by atoms with Crippen LogP contribution < -0.4 is 19.6 Å². The van der Waals surface area contributed by atoms with Gasteiger partial charge in [0.25, 0.3) is 5.56 Å². The number of fused-ring (bicyclic) bond motifs is 1. The van der Waals surface area contributed by atoms with Crippen LogP contribution in [0.25, 0.3) is 17.3 Å². The molecule has 47 heavy (non-hydrogen) atoms. The van der Waals surface area contributed by atoms with E-state index < -0.39 is 29.4 Å². The molecule has 0 amide bonds. The van der Waals surface area contributed by atoms with E-state index in [-0.39, 0.29) is 38.4 Å². The molecule has 2 aromatic carbocycles. The van der Waals surface area contributed by atoms with Gasteiger partial charge in [0.15, 0.2) is 15.1 Å². The number of furan rings is 1. The van der Waals surface area contributed by atoms with Gasteiger partial charge in [-0.3, -0.25) is 9.36 Å². The summed E-state index contributed by atoms with van der Waals surface area (Å²) in [5.41, 5.74) is 0.449. The first-order valence-electron chi connectivity index (χ1n) is 14.2. The summed E-state index contributed by atoms with van der Waals surface area (Å²) < 4.78 is 59.2. The highest BCUT2D eigenvalue weighted by Gasteiger charge is 2.35. The number of ether oxygens (including phenoxy) is 2. The number of rotatable bonds is 8. The molecule has 0 spiro atoms. The first kappa shape index (κ1) is 32.0. The van der Waals surface area contributed by atoms with Gasteiger partial charge in [0.05, 0.1) is 41.3 Å². The summed E-state index contributed by atoms with van der Waals surface area (Å²) >= 11 is 1.94. The lowest BCUT2D eigenvalue weighted by Crippen LogP contribution is -2.39. The predicted octanol–water partition coefficient (Wildman–Crippen LogP) is 6.03. The van der Waals surface area contributed by atoms with E-state index in [9.17, 15) is 22.8 Å². The van der Waals surface area contributed by atoms with Crippen LogP contribution in [0.3, 0.4) is 0 Å². The van der Waals surface area contributed by atoms with Crippen LogP contribution in [0, 0.1) is 0 Å². The molecule has 0 N–H and O–H groups in total. The van der Waals surface area contributed by atoms with E-state index in [2.05, 4.69) is 15.0 Å². The highest BCUT2D eigenvalue weighted by molar-refractivity contribution is 7.99. The summed E-state index contributed by atoms with van der Waals surface area (Å²) in [6.07, 6.45) is -3.16. The number of allylic oxidation sites excluding steroid dienone is 1. The molecule has 1 aliphatic rings. The van der Waals surface area contributed by atoms with Crippen molar-refractivity contribution in [2.45, 2.75) is 36.3 Å². The van der Waals surface area contributed by atoms with E-state index in [0.29, 0.717) is 27.4 Å². The van der Waals surface area contributed by atoms with Gasteiger partial charge in [0.2, 0.25) is 0 Å². The number of carbonyl (C=O) groups is 1. The fourth-order valence-electron chi connectivity index (χ4n) is 4.95. The van der Waals surface area contributed by atoms with Gasteiger partial charge in [-0.1, -0.05) is 53.8 Å². The summed E-state index contributed by atoms with van der Waals surface area (Å²) in [6.45, 7) is 3.53. The smallest absolute Gasteiger partial charge is 0.433 e. The molecule has 240 valence electrons. The minimum absolute atomic E-state index is 0.118. The fraction of sp³-hybridized carbons (Fsp3) is 0.182. The minimum atomic E-state index is -4.68. The summed E-state index contributed by atoms with van der Waals surface area (Å²) in [4.78, 5) is 39.9. The average Bonchev–Trinajstić information content (AvgIpc) is 3.62. The lowest BCUT2D eigenvalue weighted by molar-refractivity contribution is -0.141. The Morgan fingerprint density at radius 3 is 2.51 bits per heavy atom. The van der Waals surface area contributed by atoms with Gasteiger partial charge in [-0.25, -0.2) is 19.8 Å². The molecule has 4 heterocycles. The predicted molar refractivity (Wildman–Crippen MR) is 169 cm³/mol. The number of carbonyl (C=O) groups excluding carboxylic acids is 1. The van der Waals surface area contributed by atoms with Crippen LogP contribution in [-0.2, 0) is 15.7 Å². The van der Waals surface area contributed by atoms with Crippen molar-refractivity contribution in [1.82, 2.24) is 14.5 Å². The highest BCUT2D eigenvalue weighted by Crippen LogP contribution is 2.35. The second-order valence-electron chi connectivity index (χ2n) is 10.1. The zero-order chi connectivity index (χ0) is 33.3. The molecule has 0 unspecified atom stereocenters. The Balaban J connectivity index is 1.37. The van der Waals surface area contributed by atoms with Crippen LogP contribution in [-0.4, -0.2) is 34.2 Å². The number of benzene rings is 2. The van der Waals surface area contributed by atoms with Crippen LogP contribution in [0.2, 0.25) is 0 Å². The molecule has 1 aliphatic heterocycles. The number of hydrogen-bond acceptors (Lipinski definition) is 10. The molecule has 0 saturated carbocycles. The molecule has 14 heteroatoms. The average molecular weight is 679 g/mol. The number of nitrogens with zero attached hydrogens (tertiary/aromatic N) is 4. The lowest BCUT2D eigenvalue weighted by atomic mass is 9.96. The number of esters is 1. The second kappa shape index (κ2) is 13.0. The van der Waals surface area contributed by atoms with Crippen molar-refractivity contribution in [2.24, 2.45) is 4.99 Å². The van der Waals surface area contributed by atoms with E-state index in [1.165, 1.54) is 10.6 Å². The van der Waals surface area contributed by atoms with Crippen molar-refractivity contribution in [3.8, 4) is 17.0 Å². The zero-order valence-electron chi connectivity index (χ0n) is 25.1. The molecular weight excluding hydrogens is 654 g/mol. The third kappa shape index (κ3) is 6.65. The Kier molecular flexibility index (Phi) is 8.88. The number of aromatic nitrogens is 3. The normalized spacial score (nSPS) is 14.9. The van der Waals surface area contributed by atoms with Crippen molar-refractivity contribution in [1.29, 1.82) is 0 Å². The number of methoxy groups -OCH3 is 1. The molecular formula is C33H25F3N4O5S2. The van der Waals surface area contributed by atoms with Gasteiger partial charge in [0.1, 0.15) is 17.2 Å². The first-order valence-corrected chi connectivity index (χ1v) is 15.8. The number of halogens is 3. The van der Waals surface area contributed by atoms with E-state index >= 15 is 0 Å². The van der Waals surface area contributed by atoms with Crippen LogP contribution in [0.1, 0.15) is 36.9 Å². The third-order valence-corrected chi connectivity index (χ3v) is 8.85. The highest BCUT2D eigenvalue weighted by atomic mass is 32.2. The van der Waals surface area contributed by atoms with Gasteiger partial charge in [-0.2, -0.15) is 13.2 Å². The minimum Gasteiger partial charge on any atom is -0.497 e. The summed E-state index contributed by atoms with van der Waals surface area (Å²) in [5.74, 6) is 0.303. The topological polar surface area (TPSA) is 109 Å². The molecule has 0 saturated heterocycles. The maximum atomic E-state index is 13.9. The SMILES string of the molecule is CCOC(=O)C1=C(C)N=c2s/c(=C/c3ccc(Sc4nc(-c5ccccc5)cc(C(F)(F)F)n4)o3)c(=O)n2[C@H]1c1ccc(OC)cc1. The monoisotopic (exact) mass is 678 g/mol. The van der Waals surface area contributed by atoms with Gasteiger partial charge in [-0.05, 0) is 61.5 Å². The van der Waals surface area contributed by atoms with Gasteiger partial charge < -0.3 is 13.9 Å².